The first kappa shape index (κ1) is 4.47. The minimum absolute atomic E-state index is 0.577. The van der Waals surface area contributed by atoms with Crippen LogP contribution in [-0.4, -0.2) is 18.6 Å². The Hall–Kier alpha value is 0.310. The number of nitrogens with one attached hydrogen (secondary N) is 1. The van der Waals surface area contributed by atoms with Crippen LogP contribution >= 0.6 is 0 Å². The second-order valence-electron chi connectivity index (χ2n) is 1.59. The normalized spacial score (nSPS) is 34.5. The maximum atomic E-state index is 3.35. The number of hydrogen-bond acceptors (Lipinski definition) is 1. The molecule has 0 saturated carbocycles. The average Bonchev–Trinajstić information content (AvgIpc) is 1.86. The average molecular weight is 104 g/mol. The predicted octanol–water partition coefficient (Wildman–Crippen LogP) is 0.143. The van der Waals surface area contributed by atoms with Gasteiger partial charge in [-0.15, -0.1) is 4.72 Å². The Labute approximate surface area is 41.6 Å². The Morgan fingerprint density at radius 3 is 2.67 bits per heavy atom. The summed E-state index contributed by atoms with van der Waals surface area (Å²) in [5.74, 6) is 1.40. The summed E-state index contributed by atoms with van der Waals surface area (Å²) in [6.45, 7) is 1.25. The van der Waals surface area contributed by atoms with E-state index in [-0.39, 0.29) is 0 Å². The summed E-state index contributed by atoms with van der Waals surface area (Å²) in [5.41, 5.74) is 0. The van der Waals surface area contributed by atoms with E-state index in [1.165, 1.54) is 18.7 Å². The van der Waals surface area contributed by atoms with Crippen molar-refractivity contribution in [3.63, 3.8) is 0 Å². The van der Waals surface area contributed by atoms with Gasteiger partial charge in [-0.3, -0.25) is 0 Å². The largest absolute Gasteiger partial charge is 0.139 e. The van der Waals surface area contributed by atoms with Crippen molar-refractivity contribution in [2.24, 2.45) is 0 Å². The molecule has 1 N–H and O–H groups in total. The highest BCUT2D eigenvalue weighted by atomic mass is 32.2. The molecule has 2 heteroatoms. The molecular formula is C4H10NS+. The molecule has 0 radical (unpaired) electrons. The van der Waals surface area contributed by atoms with E-state index in [0.29, 0.717) is 11.1 Å². The summed E-state index contributed by atoms with van der Waals surface area (Å²) in [4.78, 5) is 0. The molecule has 1 aliphatic heterocycles. The van der Waals surface area contributed by atoms with E-state index in [1.807, 2.05) is 0 Å². The molecule has 1 atom stereocenters. The van der Waals surface area contributed by atoms with Crippen molar-refractivity contribution in [1.82, 2.24) is 4.72 Å². The number of hydrogen-bond donors (Lipinski definition) is 1. The van der Waals surface area contributed by atoms with Crippen LogP contribution in [0.3, 0.4) is 0 Å². The van der Waals surface area contributed by atoms with E-state index in [4.69, 9.17) is 0 Å². The molecule has 1 rings (SSSR count). The van der Waals surface area contributed by atoms with Crippen LogP contribution in [0.2, 0.25) is 0 Å². The van der Waals surface area contributed by atoms with Gasteiger partial charge in [0, 0.05) is 13.0 Å². The standard InChI is InChI=1S/C4H10NS/c1-6-4-2-3-5-6/h5H,2-4H2,1H3/q+1. The van der Waals surface area contributed by atoms with Crippen LogP contribution in [0.5, 0.6) is 0 Å². The smallest absolute Gasteiger partial charge is 0.128 e. The van der Waals surface area contributed by atoms with Crippen LogP contribution < -0.4 is 4.72 Å². The molecule has 1 heterocycles. The third kappa shape index (κ3) is 0.884. The molecule has 0 amide bonds. The first-order valence-electron chi connectivity index (χ1n) is 2.25. The van der Waals surface area contributed by atoms with E-state index in [9.17, 15) is 0 Å². The number of rotatable bonds is 0. The van der Waals surface area contributed by atoms with Crippen LogP contribution in [0, 0.1) is 0 Å². The predicted molar refractivity (Wildman–Crippen MR) is 30.8 cm³/mol. The van der Waals surface area contributed by atoms with Crippen molar-refractivity contribution in [2.45, 2.75) is 6.42 Å². The molecule has 0 spiro atoms. The minimum Gasteiger partial charge on any atom is -0.139 e. The first-order chi connectivity index (χ1) is 2.89. The first-order valence-corrected chi connectivity index (χ1v) is 4.06. The zero-order valence-corrected chi connectivity index (χ0v) is 4.85. The molecule has 0 aromatic rings. The molecular weight excluding hydrogens is 94.1 g/mol. The van der Waals surface area contributed by atoms with Gasteiger partial charge in [-0.25, -0.2) is 0 Å². The Morgan fingerprint density at radius 1 is 1.67 bits per heavy atom. The molecule has 0 aromatic carbocycles. The highest BCUT2D eigenvalue weighted by Gasteiger charge is 2.15. The molecule has 6 heavy (non-hydrogen) atoms. The molecule has 1 saturated heterocycles. The highest BCUT2D eigenvalue weighted by Crippen LogP contribution is 1.96. The third-order valence-electron chi connectivity index (χ3n) is 0.976. The van der Waals surface area contributed by atoms with Gasteiger partial charge in [0.25, 0.3) is 0 Å². The van der Waals surface area contributed by atoms with Crippen LogP contribution in [0.25, 0.3) is 0 Å². The maximum absolute atomic E-state index is 3.35. The fourth-order valence-corrected chi connectivity index (χ4v) is 1.82. The lowest BCUT2D eigenvalue weighted by atomic mass is 10.5. The zero-order chi connectivity index (χ0) is 4.41. The lowest BCUT2D eigenvalue weighted by Gasteiger charge is -1.83. The van der Waals surface area contributed by atoms with E-state index in [1.54, 1.807) is 0 Å². The van der Waals surface area contributed by atoms with Crippen molar-refractivity contribution in [1.29, 1.82) is 0 Å². The quantitative estimate of drug-likeness (QED) is 0.431. The summed E-state index contributed by atoms with van der Waals surface area (Å²) in [5, 5.41) is 0. The monoisotopic (exact) mass is 104 g/mol. The molecule has 1 nitrogen and oxygen atoms in total. The van der Waals surface area contributed by atoms with Crippen molar-refractivity contribution >= 4 is 11.1 Å². The molecule has 36 valence electrons. The molecule has 1 unspecified atom stereocenters. The maximum Gasteiger partial charge on any atom is 0.128 e. The second kappa shape index (κ2) is 1.85. The van der Waals surface area contributed by atoms with Crippen molar-refractivity contribution in [3.8, 4) is 0 Å². The van der Waals surface area contributed by atoms with Crippen molar-refractivity contribution < 1.29 is 0 Å². The van der Waals surface area contributed by atoms with Crippen LogP contribution in [0.1, 0.15) is 6.42 Å². The van der Waals surface area contributed by atoms with Crippen LogP contribution in [0.4, 0.5) is 0 Å². The summed E-state index contributed by atoms with van der Waals surface area (Å²) >= 11 is 0.577. The Morgan fingerprint density at radius 2 is 2.50 bits per heavy atom. The Kier molecular flexibility index (Phi) is 1.37. The lowest BCUT2D eigenvalue weighted by molar-refractivity contribution is 0.939. The SMILES string of the molecule is C[S+]1CCCN1. The summed E-state index contributed by atoms with van der Waals surface area (Å²) in [7, 11) is 0. The minimum atomic E-state index is 0.577. The van der Waals surface area contributed by atoms with E-state index >= 15 is 0 Å². The Balaban J connectivity index is 2.18. The van der Waals surface area contributed by atoms with Gasteiger partial charge in [0.15, 0.2) is 0 Å². The zero-order valence-electron chi connectivity index (χ0n) is 4.03. The molecule has 1 aliphatic rings. The second-order valence-corrected chi connectivity index (χ2v) is 3.56. The van der Waals surface area contributed by atoms with Gasteiger partial charge in [0.2, 0.25) is 0 Å². The lowest BCUT2D eigenvalue weighted by Crippen LogP contribution is -2.14. The van der Waals surface area contributed by atoms with Gasteiger partial charge in [0.1, 0.15) is 12.0 Å². The summed E-state index contributed by atoms with van der Waals surface area (Å²) in [6.07, 6.45) is 3.65. The van der Waals surface area contributed by atoms with Crippen LogP contribution in [0.15, 0.2) is 0 Å². The van der Waals surface area contributed by atoms with E-state index in [0.717, 1.165) is 0 Å². The van der Waals surface area contributed by atoms with Gasteiger partial charge in [-0.2, -0.15) is 0 Å². The van der Waals surface area contributed by atoms with Gasteiger partial charge < -0.3 is 0 Å². The molecule has 0 bridgehead atoms. The fraction of sp³-hybridized carbons (Fsp3) is 1.00. The third-order valence-corrected chi connectivity index (χ3v) is 2.57. The van der Waals surface area contributed by atoms with Crippen molar-refractivity contribution in [3.05, 3.63) is 0 Å². The molecule has 0 aromatic heterocycles. The topological polar surface area (TPSA) is 12.0 Å². The van der Waals surface area contributed by atoms with Gasteiger partial charge >= 0.3 is 0 Å². The molecule has 0 aliphatic carbocycles. The molecule has 1 fully saturated rings. The van der Waals surface area contributed by atoms with Crippen molar-refractivity contribution in [2.75, 3.05) is 18.6 Å². The Bertz CT molecular complexity index is 40.8. The fourth-order valence-electron chi connectivity index (χ4n) is 0.607. The van der Waals surface area contributed by atoms with Gasteiger partial charge in [-0.1, -0.05) is 0 Å². The summed E-state index contributed by atoms with van der Waals surface area (Å²) in [6, 6.07) is 0. The van der Waals surface area contributed by atoms with Crippen LogP contribution in [-0.2, 0) is 11.1 Å². The van der Waals surface area contributed by atoms with Gasteiger partial charge in [-0.05, 0) is 0 Å². The highest BCUT2D eigenvalue weighted by molar-refractivity contribution is 7.94. The van der Waals surface area contributed by atoms with Gasteiger partial charge in [0.05, 0.1) is 11.1 Å². The summed E-state index contributed by atoms with van der Waals surface area (Å²) < 4.78 is 3.35. The van der Waals surface area contributed by atoms with E-state index in [2.05, 4.69) is 11.0 Å². The van der Waals surface area contributed by atoms with E-state index < -0.39 is 0 Å².